The Morgan fingerprint density at radius 2 is 0.562 bits per heavy atom. The molecule has 5 atom stereocenters. The van der Waals surface area contributed by atoms with Crippen molar-refractivity contribution in [3.05, 3.63) is 0 Å². The summed E-state index contributed by atoms with van der Waals surface area (Å²) in [7, 11) is 0. The minimum atomic E-state index is 0.443. The van der Waals surface area contributed by atoms with Crippen LogP contribution in [0.3, 0.4) is 0 Å². The smallest absolute Gasteiger partial charge is 0.0722 e. The molecule has 15 fully saturated rings. The van der Waals surface area contributed by atoms with Gasteiger partial charge in [0.05, 0.1) is 39.1 Å². The second-order valence-corrected chi connectivity index (χ2v) is 47.8. The molecule has 15 aliphatic rings. The van der Waals surface area contributed by atoms with Crippen molar-refractivity contribution in [1.82, 2.24) is 61.7 Å². The Labute approximate surface area is 816 Å². The zero-order valence-corrected chi connectivity index (χ0v) is 94.0. The van der Waals surface area contributed by atoms with Gasteiger partial charge in [-0.1, -0.05) is 299 Å². The minimum absolute atomic E-state index is 0.443. The molecule has 0 amide bonds. The highest BCUT2D eigenvalue weighted by molar-refractivity contribution is 4.85. The summed E-state index contributed by atoms with van der Waals surface area (Å²) in [5, 5.41) is 23.6. The first-order chi connectivity index (χ1) is 61.9. The van der Waals surface area contributed by atoms with Gasteiger partial charge < -0.3 is 61.2 Å². The van der Waals surface area contributed by atoms with Crippen LogP contribution in [-0.4, -0.2) is 243 Å². The Balaban J connectivity index is 0.000000697. The molecule has 15 rings (SSSR count). The van der Waals surface area contributed by atoms with Gasteiger partial charge in [0.1, 0.15) is 0 Å². The van der Waals surface area contributed by atoms with E-state index in [4.69, 9.17) is 14.2 Å². The summed E-state index contributed by atoms with van der Waals surface area (Å²) < 4.78 is 16.0. The number of ether oxygens (including phenoxy) is 3. The minimum Gasteiger partial charge on any atom is -0.379 e. The van der Waals surface area contributed by atoms with Gasteiger partial charge in [-0.3, -0.25) is 14.7 Å². The average Bonchev–Trinajstić information content (AvgIpc) is 1.75. The van der Waals surface area contributed by atoms with Crippen molar-refractivity contribution in [3.63, 3.8) is 0 Å². The van der Waals surface area contributed by atoms with E-state index in [1.54, 1.807) is 0 Å². The van der Waals surface area contributed by atoms with Gasteiger partial charge in [-0.2, -0.15) is 0 Å². The molecule has 5 saturated carbocycles. The van der Waals surface area contributed by atoms with Crippen LogP contribution in [0, 0.1) is 100 Å². The first-order valence-electron chi connectivity index (χ1n) is 57.3. The lowest BCUT2D eigenvalue weighted by Crippen LogP contribution is -2.46. The van der Waals surface area contributed by atoms with Crippen molar-refractivity contribution in [2.45, 2.75) is 475 Å². The summed E-state index contributed by atoms with van der Waals surface area (Å²) in [6, 6.07) is 5.02. The Bertz CT molecular complexity index is 1900. The van der Waals surface area contributed by atoms with Gasteiger partial charge in [-0.15, -0.1) is 0 Å². The molecule has 0 radical (unpaired) electrons. The molecular weight excluding hydrogens is 1600 g/mol. The Morgan fingerprint density at radius 3 is 0.785 bits per heavy atom. The SMILES string of the molecule is CC(C)(C)C1CCCN1.CC(C)C1CCCC1.CC(C)C1CCCC1.CC(C)C1CCCCC1.CC(C)C1CCCCC1.CC(C)C1CCCCC1.CC(C)C1CCCNC1.CC(C)C1CCNC1.CC(C)C1CNCCO1.CC(C)C1COCCN1.CC(C)N1CCCC1.CC(C)N1CCCCC1.CC(C)N1CCNC1.CC(C)N1CCNCC1.CC(C)N1CCOCC1. The van der Waals surface area contributed by atoms with E-state index < -0.39 is 0 Å². The summed E-state index contributed by atoms with van der Waals surface area (Å²) in [4.78, 5) is 12.4. The Morgan fingerprint density at radius 1 is 0.231 bits per heavy atom. The molecule has 0 aromatic carbocycles. The maximum atomic E-state index is 5.48. The van der Waals surface area contributed by atoms with E-state index in [0.717, 1.165) is 199 Å². The fourth-order valence-corrected chi connectivity index (χ4v) is 20.7. The lowest BCUT2D eigenvalue weighted by molar-refractivity contribution is 0.000506. The number of hydrogen-bond acceptors (Lipinski definition) is 15. The number of hydrogen-bond donors (Lipinski definition) is 7. The number of likely N-dealkylation sites (tertiary alicyclic amines) is 2. The summed E-state index contributed by atoms with van der Waals surface area (Å²) in [6.07, 6.45) is 48.8. The van der Waals surface area contributed by atoms with Crippen LogP contribution in [0.1, 0.15) is 427 Å². The molecule has 780 valence electrons. The average molecular weight is 1840 g/mol. The third-order valence-electron chi connectivity index (χ3n) is 31.6. The van der Waals surface area contributed by atoms with Gasteiger partial charge in [0.15, 0.2) is 0 Å². The van der Waals surface area contributed by atoms with Crippen LogP contribution in [0.25, 0.3) is 0 Å². The molecule has 0 bridgehead atoms. The fourth-order valence-electron chi connectivity index (χ4n) is 20.7. The molecule has 0 aromatic rings. The van der Waals surface area contributed by atoms with Crippen LogP contribution < -0.4 is 37.2 Å². The predicted octanol–water partition coefficient (Wildman–Crippen LogP) is 25.9. The van der Waals surface area contributed by atoms with E-state index in [1.807, 2.05) is 0 Å². The molecule has 10 saturated heterocycles. The van der Waals surface area contributed by atoms with Crippen molar-refractivity contribution in [2.24, 2.45) is 100 Å². The van der Waals surface area contributed by atoms with E-state index in [-0.39, 0.29) is 0 Å². The third kappa shape index (κ3) is 66.2. The first-order valence-corrected chi connectivity index (χ1v) is 57.3. The number of nitrogens with zero attached hydrogens (tertiary/aromatic N) is 5. The number of morpholine rings is 3. The Kier molecular flexibility index (Phi) is 78.4. The summed E-state index contributed by atoms with van der Waals surface area (Å²) in [5.41, 5.74) is 0.469. The van der Waals surface area contributed by atoms with Gasteiger partial charge >= 0.3 is 0 Å². The van der Waals surface area contributed by atoms with E-state index in [9.17, 15) is 0 Å². The Hall–Kier alpha value is -0.600. The largest absolute Gasteiger partial charge is 0.379 e. The molecule has 0 spiro atoms. The van der Waals surface area contributed by atoms with Crippen molar-refractivity contribution < 1.29 is 14.2 Å². The molecule has 10 aliphatic heterocycles. The lowest BCUT2D eigenvalue weighted by Gasteiger charge is -2.30. The summed E-state index contributed by atoms with van der Waals surface area (Å²) in [6.45, 7) is 101. The van der Waals surface area contributed by atoms with Crippen LogP contribution in [0.5, 0.6) is 0 Å². The first kappa shape index (κ1) is 127. The van der Waals surface area contributed by atoms with Crippen molar-refractivity contribution in [2.75, 3.05) is 171 Å². The van der Waals surface area contributed by atoms with Gasteiger partial charge in [0, 0.05) is 121 Å². The monoisotopic (exact) mass is 1840 g/mol. The number of piperidine rings is 2. The standard InChI is InChI=1S/3C9H18.3C8H17N.2C8H16.C7H16N2.3C7H15NO.2C7H15N.C6H14N2/c3*1-8(2)9-6-4-3-5-7-9;1-8(2,3)7-5-4-6-9-7;1-7(2)8-4-3-5-9-6-8;1-8(2)9-6-4-3-5-7-9;2*1-7(2)8-5-3-4-6-8;1-7(2)9-5-3-8-4-6-9;1-7(2)8-3-5-9-6-4-8;1-6(2)7-5-9-4-3-8-7;1-6(2)7-5-8-3-4-9-7;1-6(2)7-3-4-8-5-7;1-7(2)8-5-3-4-6-8;1-6(2)8-4-3-7-5-8/h3*8-9H,3-7H2,1-2H3;7,9H,4-6H2,1-3H3;7-9H,3-6H2,1-2H3;8H,3-7H2,1-2H3;2*7-8H,3-6H2,1-2H3;7-8H,3-6H2,1-2H3;7H,3-6H2,1-2H3;2*6-8H,3-5H2,1-2H3;6-8H,3-5H2,1-2H3;7H,3-6H2,1-2H3;6-7H,3-5H2,1-2H3. The quantitative estimate of drug-likeness (QED) is 0.0891. The highest BCUT2D eigenvalue weighted by atomic mass is 16.5. The molecule has 15 nitrogen and oxygen atoms in total. The second kappa shape index (κ2) is 80.0. The molecule has 15 heteroatoms. The van der Waals surface area contributed by atoms with Crippen molar-refractivity contribution >= 4 is 0 Å². The van der Waals surface area contributed by atoms with Gasteiger partial charge in [0.25, 0.3) is 0 Å². The highest BCUT2D eigenvalue weighted by Crippen LogP contribution is 2.34. The van der Waals surface area contributed by atoms with Crippen LogP contribution >= 0.6 is 0 Å². The maximum absolute atomic E-state index is 5.48. The molecular formula is C115H242N12O3. The van der Waals surface area contributed by atoms with Crippen LogP contribution in [0.4, 0.5) is 0 Å². The summed E-state index contributed by atoms with van der Waals surface area (Å²) >= 11 is 0. The molecule has 130 heavy (non-hydrogen) atoms. The predicted molar refractivity (Wildman–Crippen MR) is 578 cm³/mol. The maximum Gasteiger partial charge on any atom is 0.0722 e. The highest BCUT2D eigenvalue weighted by Gasteiger charge is 2.28. The lowest BCUT2D eigenvalue weighted by atomic mass is 9.82. The third-order valence-corrected chi connectivity index (χ3v) is 31.6. The van der Waals surface area contributed by atoms with Gasteiger partial charge in [-0.05, 0) is 286 Å². The zero-order chi connectivity index (χ0) is 97.0. The van der Waals surface area contributed by atoms with E-state index >= 15 is 0 Å². The normalized spacial score (nSPS) is 25.0. The molecule has 0 aromatic heterocycles. The topological polar surface area (TPSA) is 128 Å². The summed E-state index contributed by atoms with van der Waals surface area (Å²) in [5.74, 6) is 15.0. The van der Waals surface area contributed by atoms with E-state index in [0.29, 0.717) is 41.5 Å². The molecule has 7 N–H and O–H groups in total. The fraction of sp³-hybridized carbons (Fsp3) is 1.00. The zero-order valence-electron chi connectivity index (χ0n) is 94.0. The second-order valence-electron chi connectivity index (χ2n) is 47.8. The van der Waals surface area contributed by atoms with Gasteiger partial charge in [0.2, 0.25) is 0 Å². The number of nitrogens with one attached hydrogen (secondary N) is 7. The van der Waals surface area contributed by atoms with E-state index in [1.165, 1.54) is 290 Å². The van der Waals surface area contributed by atoms with E-state index in [2.05, 4.69) is 276 Å². The molecule has 5 aliphatic carbocycles. The van der Waals surface area contributed by atoms with Gasteiger partial charge in [-0.25, -0.2) is 0 Å². The van der Waals surface area contributed by atoms with Crippen LogP contribution in [0.2, 0.25) is 0 Å². The molecule has 5 unspecified atom stereocenters. The van der Waals surface area contributed by atoms with Crippen molar-refractivity contribution in [1.29, 1.82) is 0 Å². The van der Waals surface area contributed by atoms with Crippen LogP contribution in [0.15, 0.2) is 0 Å². The number of piperazine rings is 1. The van der Waals surface area contributed by atoms with Crippen molar-refractivity contribution in [3.8, 4) is 0 Å². The number of rotatable bonds is 14. The molecule has 10 heterocycles. The van der Waals surface area contributed by atoms with Crippen LogP contribution in [-0.2, 0) is 14.2 Å².